The van der Waals surface area contributed by atoms with E-state index in [-0.39, 0.29) is 0 Å². The van der Waals surface area contributed by atoms with Crippen LogP contribution in [0.15, 0.2) is 48.8 Å². The lowest BCUT2D eigenvalue weighted by atomic mass is 10.1. The van der Waals surface area contributed by atoms with Gasteiger partial charge in [-0.15, -0.1) is 0 Å². The maximum absolute atomic E-state index is 4.90. The second kappa shape index (κ2) is 9.64. The Balaban J connectivity index is 1.30. The first kappa shape index (κ1) is 21.5. The predicted molar refractivity (Wildman–Crippen MR) is 132 cm³/mol. The predicted octanol–water partition coefficient (Wildman–Crippen LogP) is 3.44. The highest BCUT2D eigenvalue weighted by Crippen LogP contribution is 2.29. The molecule has 0 spiro atoms. The van der Waals surface area contributed by atoms with Gasteiger partial charge in [0.05, 0.1) is 34.3 Å². The summed E-state index contributed by atoms with van der Waals surface area (Å²) in [5, 5.41) is 10.9. The molecule has 8 heteroatoms. The molecule has 0 aromatic carbocycles. The van der Waals surface area contributed by atoms with E-state index in [1.807, 2.05) is 49.6 Å². The summed E-state index contributed by atoms with van der Waals surface area (Å²) in [5.74, 6) is 0. The highest BCUT2D eigenvalue weighted by Gasteiger charge is 2.15. The quantitative estimate of drug-likeness (QED) is 0.453. The van der Waals surface area contributed by atoms with Crippen molar-refractivity contribution < 1.29 is 0 Å². The summed E-state index contributed by atoms with van der Waals surface area (Å²) in [5.41, 5.74) is 7.10. The number of aromatic amines is 1. The molecule has 2 N–H and O–H groups in total. The average Bonchev–Trinajstić information content (AvgIpc) is 3.34. The molecule has 170 valence electrons. The van der Waals surface area contributed by atoms with Crippen LogP contribution in [0, 0.1) is 6.92 Å². The molecular formula is C25H30N8. The number of nitrogens with zero attached hydrogens (tertiary/aromatic N) is 6. The van der Waals surface area contributed by atoms with Crippen molar-refractivity contribution in [3.05, 3.63) is 54.5 Å². The number of hydrogen-bond acceptors (Lipinski definition) is 7. The number of piperazine rings is 1. The van der Waals surface area contributed by atoms with Gasteiger partial charge in [-0.3, -0.25) is 20.0 Å². The van der Waals surface area contributed by atoms with E-state index in [0.29, 0.717) is 0 Å². The van der Waals surface area contributed by atoms with Gasteiger partial charge in [-0.25, -0.2) is 4.98 Å². The number of likely N-dealkylation sites (N-methyl/N-ethyl adjacent to an activating group) is 1. The van der Waals surface area contributed by atoms with Crippen LogP contribution < -0.4 is 5.32 Å². The third-order valence-corrected chi connectivity index (χ3v) is 6.25. The largest absolute Gasteiger partial charge is 0.382 e. The van der Waals surface area contributed by atoms with Crippen molar-refractivity contribution in [2.75, 3.05) is 51.1 Å². The summed E-state index contributed by atoms with van der Waals surface area (Å²) >= 11 is 0. The molecule has 0 unspecified atom stereocenters. The van der Waals surface area contributed by atoms with Crippen LogP contribution in [0.3, 0.4) is 0 Å². The van der Waals surface area contributed by atoms with Gasteiger partial charge in [-0.2, -0.15) is 5.10 Å². The highest BCUT2D eigenvalue weighted by molar-refractivity contribution is 5.83. The number of hydrogen-bond donors (Lipinski definition) is 2. The Bertz CT molecular complexity index is 1230. The fraction of sp³-hybridized carbons (Fsp3) is 0.360. The van der Waals surface area contributed by atoms with Gasteiger partial charge in [0.25, 0.3) is 0 Å². The number of fused-ring (bicyclic) bond motifs is 1. The topological polar surface area (TPSA) is 85.9 Å². The fourth-order valence-corrected chi connectivity index (χ4v) is 4.30. The number of nitrogens with one attached hydrogen (secondary N) is 2. The van der Waals surface area contributed by atoms with Crippen molar-refractivity contribution in [1.82, 2.24) is 34.9 Å². The van der Waals surface area contributed by atoms with Crippen LogP contribution >= 0.6 is 0 Å². The summed E-state index contributed by atoms with van der Waals surface area (Å²) in [7, 11) is 0. The van der Waals surface area contributed by atoms with Crippen LogP contribution in [-0.4, -0.2) is 80.8 Å². The molecule has 33 heavy (non-hydrogen) atoms. The Morgan fingerprint density at radius 3 is 2.64 bits per heavy atom. The molecule has 1 aliphatic heterocycles. The van der Waals surface area contributed by atoms with E-state index in [2.05, 4.69) is 48.3 Å². The molecule has 0 saturated carbocycles. The third kappa shape index (κ3) is 4.86. The highest BCUT2D eigenvalue weighted by atomic mass is 15.3. The van der Waals surface area contributed by atoms with Crippen molar-refractivity contribution in [1.29, 1.82) is 0 Å². The van der Waals surface area contributed by atoms with E-state index >= 15 is 0 Å². The van der Waals surface area contributed by atoms with Gasteiger partial charge in [0, 0.05) is 56.7 Å². The molecular weight excluding hydrogens is 412 g/mol. The molecule has 5 rings (SSSR count). The van der Waals surface area contributed by atoms with E-state index in [0.717, 1.165) is 90.9 Å². The summed E-state index contributed by atoms with van der Waals surface area (Å²) in [4.78, 5) is 19.1. The van der Waals surface area contributed by atoms with Crippen LogP contribution in [0.5, 0.6) is 0 Å². The van der Waals surface area contributed by atoms with E-state index in [4.69, 9.17) is 4.98 Å². The van der Waals surface area contributed by atoms with Crippen molar-refractivity contribution in [3.63, 3.8) is 0 Å². The number of aryl methyl sites for hydroxylation is 1. The SMILES string of the molecule is CCN1CCN(CCNc2cnc3ccc(-c4c[nH]nc4-c4cccc(C)n4)nc3c2)CC1. The molecule has 4 aromatic rings. The van der Waals surface area contributed by atoms with Crippen LogP contribution in [0.1, 0.15) is 12.6 Å². The Morgan fingerprint density at radius 2 is 1.82 bits per heavy atom. The smallest absolute Gasteiger partial charge is 0.120 e. The van der Waals surface area contributed by atoms with Crippen LogP contribution in [0.4, 0.5) is 5.69 Å². The molecule has 8 nitrogen and oxygen atoms in total. The lowest BCUT2D eigenvalue weighted by Crippen LogP contribution is -2.47. The van der Waals surface area contributed by atoms with Gasteiger partial charge in [0.2, 0.25) is 0 Å². The van der Waals surface area contributed by atoms with Crippen LogP contribution in [0.2, 0.25) is 0 Å². The van der Waals surface area contributed by atoms with Crippen molar-refractivity contribution in [2.24, 2.45) is 0 Å². The normalized spacial score (nSPS) is 15.2. The second-order valence-electron chi connectivity index (χ2n) is 8.47. The van der Waals surface area contributed by atoms with Gasteiger partial charge in [-0.1, -0.05) is 13.0 Å². The Labute approximate surface area is 194 Å². The van der Waals surface area contributed by atoms with E-state index < -0.39 is 0 Å². The summed E-state index contributed by atoms with van der Waals surface area (Å²) in [6.45, 7) is 11.9. The van der Waals surface area contributed by atoms with Gasteiger partial charge in [0.1, 0.15) is 5.69 Å². The molecule has 0 radical (unpaired) electrons. The maximum atomic E-state index is 4.90. The zero-order valence-corrected chi connectivity index (χ0v) is 19.3. The molecule has 0 aliphatic carbocycles. The zero-order valence-electron chi connectivity index (χ0n) is 19.3. The molecule has 1 aliphatic rings. The first-order valence-electron chi connectivity index (χ1n) is 11.6. The lowest BCUT2D eigenvalue weighted by Gasteiger charge is -2.34. The monoisotopic (exact) mass is 442 g/mol. The molecule has 0 amide bonds. The zero-order chi connectivity index (χ0) is 22.6. The maximum Gasteiger partial charge on any atom is 0.120 e. The van der Waals surface area contributed by atoms with E-state index in [1.54, 1.807) is 0 Å². The minimum absolute atomic E-state index is 0.802. The summed E-state index contributed by atoms with van der Waals surface area (Å²) in [6, 6.07) is 12.0. The first-order valence-corrected chi connectivity index (χ1v) is 11.6. The van der Waals surface area contributed by atoms with Gasteiger partial charge in [0.15, 0.2) is 0 Å². The average molecular weight is 443 g/mol. The van der Waals surface area contributed by atoms with Gasteiger partial charge in [-0.05, 0) is 43.8 Å². The minimum atomic E-state index is 0.802. The number of rotatable bonds is 7. The minimum Gasteiger partial charge on any atom is -0.382 e. The van der Waals surface area contributed by atoms with E-state index in [9.17, 15) is 0 Å². The second-order valence-corrected chi connectivity index (χ2v) is 8.47. The number of pyridine rings is 3. The number of anilines is 1. The number of H-pyrrole nitrogens is 1. The molecule has 1 saturated heterocycles. The molecule has 5 heterocycles. The number of aromatic nitrogens is 5. The lowest BCUT2D eigenvalue weighted by molar-refractivity contribution is 0.141. The molecule has 0 atom stereocenters. The van der Waals surface area contributed by atoms with Crippen molar-refractivity contribution in [3.8, 4) is 22.6 Å². The van der Waals surface area contributed by atoms with Gasteiger partial charge < -0.3 is 10.2 Å². The van der Waals surface area contributed by atoms with E-state index in [1.165, 1.54) is 0 Å². The van der Waals surface area contributed by atoms with Crippen molar-refractivity contribution >= 4 is 16.7 Å². The summed E-state index contributed by atoms with van der Waals surface area (Å²) < 4.78 is 0. The van der Waals surface area contributed by atoms with Crippen molar-refractivity contribution in [2.45, 2.75) is 13.8 Å². The first-order chi connectivity index (χ1) is 16.2. The molecule has 0 bridgehead atoms. The Morgan fingerprint density at radius 1 is 0.970 bits per heavy atom. The Hall–Kier alpha value is -3.36. The molecule has 1 fully saturated rings. The Kier molecular flexibility index (Phi) is 6.28. The van der Waals surface area contributed by atoms with Crippen LogP contribution in [0.25, 0.3) is 33.7 Å². The fourth-order valence-electron chi connectivity index (χ4n) is 4.30. The third-order valence-electron chi connectivity index (χ3n) is 6.25. The van der Waals surface area contributed by atoms with Crippen LogP contribution in [-0.2, 0) is 0 Å². The summed E-state index contributed by atoms with van der Waals surface area (Å²) in [6.07, 6.45) is 3.76. The molecule has 4 aromatic heterocycles. The standard InChI is InChI=1S/C25H30N8/c1-3-32-11-13-33(14-12-32)10-9-26-19-15-24-22(27-16-19)8-7-21(30-24)20-17-28-31-25(20)23-6-4-5-18(2)29-23/h4-8,15-17,26H,3,9-14H2,1-2H3,(H,28,31). The van der Waals surface area contributed by atoms with Gasteiger partial charge >= 0.3 is 0 Å².